The van der Waals surface area contributed by atoms with Gasteiger partial charge in [-0.05, 0) is 32.0 Å². The summed E-state index contributed by atoms with van der Waals surface area (Å²) < 4.78 is 11.7. The van der Waals surface area contributed by atoms with Crippen LogP contribution in [0.5, 0.6) is 11.5 Å². The number of aromatic nitrogens is 2. The summed E-state index contributed by atoms with van der Waals surface area (Å²) in [6, 6.07) is 15.1. The van der Waals surface area contributed by atoms with Gasteiger partial charge in [-0.15, -0.1) is 0 Å². The van der Waals surface area contributed by atoms with Gasteiger partial charge in [0.1, 0.15) is 18.0 Å². The fourth-order valence-corrected chi connectivity index (χ4v) is 3.33. The van der Waals surface area contributed by atoms with Crippen molar-refractivity contribution in [3.05, 3.63) is 53.9 Å². The molecule has 0 spiro atoms. The van der Waals surface area contributed by atoms with Gasteiger partial charge in [-0.2, -0.15) is 5.26 Å². The molecule has 0 amide bonds. The Morgan fingerprint density at radius 2 is 2.15 bits per heavy atom. The molecule has 1 aliphatic heterocycles. The molecule has 6 nitrogen and oxygen atoms in total. The van der Waals surface area contributed by atoms with Crippen LogP contribution < -0.4 is 9.47 Å². The molecule has 136 valence electrons. The summed E-state index contributed by atoms with van der Waals surface area (Å²) >= 11 is 0. The molecule has 0 aliphatic carbocycles. The number of H-pyrrole nitrogens is 1. The van der Waals surface area contributed by atoms with E-state index in [4.69, 9.17) is 9.47 Å². The molecule has 2 aromatic carbocycles. The number of benzene rings is 2. The average Bonchev–Trinajstić information content (AvgIpc) is 3.19. The molecule has 27 heavy (non-hydrogen) atoms. The molecule has 0 fully saturated rings. The van der Waals surface area contributed by atoms with Gasteiger partial charge in [-0.1, -0.05) is 24.3 Å². The predicted molar refractivity (Wildman–Crippen MR) is 99.8 cm³/mol. The lowest BCUT2D eigenvalue weighted by molar-refractivity contribution is -0.121. The van der Waals surface area contributed by atoms with Crippen LogP contribution in [-0.4, -0.2) is 28.0 Å². The van der Waals surface area contributed by atoms with Gasteiger partial charge in [0.15, 0.2) is 23.2 Å². The van der Waals surface area contributed by atoms with Crippen LogP contribution in [0.1, 0.15) is 31.2 Å². The second kappa shape index (κ2) is 6.44. The number of nitrogens with one attached hydrogen (secondary N) is 1. The number of carbonyl (C=O) groups is 1. The Morgan fingerprint density at radius 3 is 2.93 bits per heavy atom. The Labute approximate surface area is 156 Å². The number of hydrogen-bond acceptors (Lipinski definition) is 5. The van der Waals surface area contributed by atoms with Crippen molar-refractivity contribution in [2.75, 3.05) is 6.61 Å². The van der Waals surface area contributed by atoms with Gasteiger partial charge in [0, 0.05) is 12.0 Å². The molecule has 1 atom stereocenters. The number of carbonyl (C=O) groups excluding carboxylic acids is 1. The van der Waals surface area contributed by atoms with Crippen molar-refractivity contribution in [1.82, 2.24) is 9.97 Å². The minimum absolute atomic E-state index is 0.227. The highest BCUT2D eigenvalue weighted by Crippen LogP contribution is 2.41. The number of fused-ring (bicyclic) bond motifs is 2. The first-order chi connectivity index (χ1) is 13.0. The zero-order valence-electron chi connectivity index (χ0n) is 15.2. The Bertz CT molecular complexity index is 1030. The Morgan fingerprint density at radius 1 is 1.33 bits per heavy atom. The van der Waals surface area contributed by atoms with Crippen molar-refractivity contribution >= 4 is 16.8 Å². The average molecular weight is 361 g/mol. The van der Waals surface area contributed by atoms with Crippen LogP contribution in [0.15, 0.2) is 42.5 Å². The van der Waals surface area contributed by atoms with Gasteiger partial charge in [0.05, 0.1) is 17.1 Å². The Balaban J connectivity index is 1.51. The smallest absolute Gasteiger partial charge is 0.194 e. The zero-order chi connectivity index (χ0) is 19.0. The number of para-hydroxylation sites is 3. The van der Waals surface area contributed by atoms with Gasteiger partial charge in [-0.3, -0.25) is 4.79 Å². The summed E-state index contributed by atoms with van der Waals surface area (Å²) in [6.45, 7) is 3.79. The van der Waals surface area contributed by atoms with E-state index < -0.39 is 5.92 Å². The van der Waals surface area contributed by atoms with Gasteiger partial charge in [0.25, 0.3) is 0 Å². The first-order valence-corrected chi connectivity index (χ1v) is 8.77. The molecule has 0 saturated carbocycles. The van der Waals surface area contributed by atoms with Crippen LogP contribution in [0, 0.1) is 11.3 Å². The highest BCUT2D eigenvalue weighted by atomic mass is 16.5. The largest absolute Gasteiger partial charge is 0.483 e. The fourth-order valence-electron chi connectivity index (χ4n) is 3.33. The minimum atomic E-state index is -1.01. The number of aromatic amines is 1. The standard InChI is InChI=1S/C21H19N3O3/c1-21(2)10-13-6-5-9-18(19(13)27-21)26-12-17(25)14(11-22)20-23-15-7-3-4-8-16(15)24-20/h3-9,14H,10,12H2,1-2H3,(H,23,24). The number of ether oxygens (including phenoxy) is 2. The molecule has 3 aromatic rings. The third-order valence-corrected chi connectivity index (χ3v) is 4.56. The van der Waals surface area contributed by atoms with E-state index in [1.54, 1.807) is 6.07 Å². The van der Waals surface area contributed by atoms with Gasteiger partial charge >= 0.3 is 0 Å². The molecule has 0 saturated heterocycles. The third-order valence-electron chi connectivity index (χ3n) is 4.56. The van der Waals surface area contributed by atoms with E-state index in [1.807, 2.05) is 56.3 Å². The lowest BCUT2D eigenvalue weighted by Crippen LogP contribution is -2.25. The normalized spacial score (nSPS) is 15.6. The van der Waals surface area contributed by atoms with E-state index in [1.165, 1.54) is 0 Å². The van der Waals surface area contributed by atoms with Crippen molar-refractivity contribution in [3.8, 4) is 17.6 Å². The zero-order valence-corrected chi connectivity index (χ0v) is 15.2. The van der Waals surface area contributed by atoms with Gasteiger partial charge in [-0.25, -0.2) is 4.98 Å². The first kappa shape index (κ1) is 17.1. The van der Waals surface area contributed by atoms with E-state index >= 15 is 0 Å². The highest BCUT2D eigenvalue weighted by Gasteiger charge is 2.32. The summed E-state index contributed by atoms with van der Waals surface area (Å²) in [4.78, 5) is 20.0. The SMILES string of the molecule is CC1(C)Cc2cccc(OCC(=O)C(C#N)c3nc4ccccc4[nH]3)c2O1. The number of nitriles is 1. The van der Waals surface area contributed by atoms with E-state index in [-0.39, 0.29) is 18.0 Å². The third kappa shape index (κ3) is 3.24. The maximum Gasteiger partial charge on any atom is 0.194 e. The number of imidazole rings is 1. The quantitative estimate of drug-likeness (QED) is 0.751. The van der Waals surface area contributed by atoms with Crippen LogP contribution in [0.4, 0.5) is 0 Å². The van der Waals surface area contributed by atoms with E-state index in [0.29, 0.717) is 17.3 Å². The summed E-state index contributed by atoms with van der Waals surface area (Å²) in [5.41, 5.74) is 2.27. The topological polar surface area (TPSA) is 88.0 Å². The molecule has 1 unspecified atom stereocenters. The number of hydrogen-bond donors (Lipinski definition) is 1. The number of nitrogens with zero attached hydrogens (tertiary/aromatic N) is 2. The van der Waals surface area contributed by atoms with Gasteiger partial charge in [0.2, 0.25) is 0 Å². The summed E-state index contributed by atoms with van der Waals surface area (Å²) in [6.07, 6.45) is 0.785. The summed E-state index contributed by atoms with van der Waals surface area (Å²) in [5.74, 6) is 0.168. The van der Waals surface area contributed by atoms with Gasteiger partial charge < -0.3 is 14.5 Å². The van der Waals surface area contributed by atoms with Crippen LogP contribution in [0.25, 0.3) is 11.0 Å². The molecule has 1 aliphatic rings. The van der Waals surface area contributed by atoms with E-state index in [9.17, 15) is 10.1 Å². The molecular weight excluding hydrogens is 342 g/mol. The molecule has 1 aromatic heterocycles. The molecular formula is C21H19N3O3. The minimum Gasteiger partial charge on any atom is -0.483 e. The first-order valence-electron chi connectivity index (χ1n) is 8.77. The van der Waals surface area contributed by atoms with Crippen LogP contribution in [-0.2, 0) is 11.2 Å². The molecule has 0 radical (unpaired) electrons. The van der Waals surface area contributed by atoms with E-state index in [2.05, 4.69) is 9.97 Å². The van der Waals surface area contributed by atoms with Crippen molar-refractivity contribution in [1.29, 1.82) is 5.26 Å². The maximum absolute atomic E-state index is 12.6. The maximum atomic E-state index is 12.6. The second-order valence-electron chi connectivity index (χ2n) is 7.24. The lowest BCUT2D eigenvalue weighted by atomic mass is 10.0. The van der Waals surface area contributed by atoms with Crippen LogP contribution in [0.2, 0.25) is 0 Å². The Hall–Kier alpha value is -3.33. The molecule has 0 bridgehead atoms. The summed E-state index contributed by atoms with van der Waals surface area (Å²) in [7, 11) is 0. The molecule has 6 heteroatoms. The fraction of sp³-hybridized carbons (Fsp3) is 0.286. The molecule has 4 rings (SSSR count). The monoisotopic (exact) mass is 361 g/mol. The molecule has 1 N–H and O–H groups in total. The van der Waals surface area contributed by atoms with E-state index in [0.717, 1.165) is 23.0 Å². The van der Waals surface area contributed by atoms with Crippen LogP contribution in [0.3, 0.4) is 0 Å². The molecule has 2 heterocycles. The highest BCUT2D eigenvalue weighted by molar-refractivity contribution is 5.90. The predicted octanol–water partition coefficient (Wildman–Crippen LogP) is 3.53. The second-order valence-corrected chi connectivity index (χ2v) is 7.24. The van der Waals surface area contributed by atoms with Crippen molar-refractivity contribution in [2.45, 2.75) is 31.8 Å². The van der Waals surface area contributed by atoms with Crippen LogP contribution >= 0.6 is 0 Å². The number of Topliss-reactive ketones (excluding diaryl/α,β-unsaturated/α-hetero) is 1. The number of ketones is 1. The van der Waals surface area contributed by atoms with Crippen molar-refractivity contribution < 1.29 is 14.3 Å². The number of rotatable bonds is 5. The Kier molecular flexibility index (Phi) is 4.08. The lowest BCUT2D eigenvalue weighted by Gasteiger charge is -2.18. The van der Waals surface area contributed by atoms with Crippen molar-refractivity contribution in [2.24, 2.45) is 0 Å². The summed E-state index contributed by atoms with van der Waals surface area (Å²) in [5, 5.41) is 9.48. The van der Waals surface area contributed by atoms with Crippen molar-refractivity contribution in [3.63, 3.8) is 0 Å².